The summed E-state index contributed by atoms with van der Waals surface area (Å²) < 4.78 is 0. The van der Waals surface area contributed by atoms with Crippen molar-refractivity contribution in [2.24, 2.45) is 5.41 Å². The zero-order valence-electron chi connectivity index (χ0n) is 14.0. The molecule has 1 aliphatic rings. The Morgan fingerprint density at radius 3 is 2.52 bits per heavy atom. The fraction of sp³-hybridized carbons (Fsp3) is 0.556. The molecule has 0 bridgehead atoms. The Hall–Kier alpha value is -1.55. The number of carbonyl (C=O) groups excluding carboxylic acids is 2. The van der Waals surface area contributed by atoms with Crippen LogP contribution in [0.1, 0.15) is 51.5 Å². The van der Waals surface area contributed by atoms with E-state index < -0.39 is 5.41 Å². The molecule has 1 fully saturated rings. The van der Waals surface area contributed by atoms with Crippen LogP contribution in [-0.4, -0.2) is 17.9 Å². The van der Waals surface area contributed by atoms with Crippen LogP contribution in [0, 0.1) is 12.3 Å². The predicted octanol–water partition coefficient (Wildman–Crippen LogP) is 4.06. The summed E-state index contributed by atoms with van der Waals surface area (Å²) in [6.45, 7) is 5.78. The lowest BCUT2D eigenvalue weighted by atomic mass is 9.81. The molecule has 2 rings (SSSR count). The molecule has 1 aromatic carbocycles. The van der Waals surface area contributed by atoms with Gasteiger partial charge >= 0.3 is 0 Å². The van der Waals surface area contributed by atoms with Gasteiger partial charge in [0.05, 0.1) is 5.41 Å². The second kappa shape index (κ2) is 7.35. The Morgan fingerprint density at radius 1 is 1.26 bits per heavy atom. The first-order valence-corrected chi connectivity index (χ1v) is 8.57. The first-order chi connectivity index (χ1) is 10.8. The molecule has 1 aliphatic carbocycles. The zero-order valence-corrected chi connectivity index (χ0v) is 14.8. The third-order valence-corrected chi connectivity index (χ3v) is 4.67. The number of halogens is 1. The van der Waals surface area contributed by atoms with Crippen molar-refractivity contribution >= 4 is 29.1 Å². The molecule has 0 aromatic heterocycles. The molecule has 5 heteroatoms. The van der Waals surface area contributed by atoms with Crippen molar-refractivity contribution < 1.29 is 9.59 Å². The average Bonchev–Trinajstić information content (AvgIpc) is 2.91. The summed E-state index contributed by atoms with van der Waals surface area (Å²) in [5.74, 6) is -0.126. The maximum absolute atomic E-state index is 12.9. The smallest absolute Gasteiger partial charge is 0.231 e. The second-order valence-electron chi connectivity index (χ2n) is 6.80. The van der Waals surface area contributed by atoms with Gasteiger partial charge in [-0.25, -0.2) is 0 Å². The second-order valence-corrected chi connectivity index (χ2v) is 7.24. The predicted molar refractivity (Wildman–Crippen MR) is 93.6 cm³/mol. The van der Waals surface area contributed by atoms with E-state index in [1.54, 1.807) is 12.1 Å². The van der Waals surface area contributed by atoms with Crippen molar-refractivity contribution in [1.82, 2.24) is 5.32 Å². The van der Waals surface area contributed by atoms with Gasteiger partial charge in [-0.05, 0) is 51.3 Å². The van der Waals surface area contributed by atoms with E-state index in [9.17, 15) is 9.59 Å². The molecule has 2 N–H and O–H groups in total. The summed E-state index contributed by atoms with van der Waals surface area (Å²) in [5, 5.41) is 6.47. The van der Waals surface area contributed by atoms with Crippen LogP contribution in [0.25, 0.3) is 0 Å². The average molecular weight is 337 g/mol. The van der Waals surface area contributed by atoms with E-state index in [2.05, 4.69) is 10.6 Å². The minimum atomic E-state index is -0.603. The van der Waals surface area contributed by atoms with Gasteiger partial charge in [0, 0.05) is 23.2 Å². The first-order valence-electron chi connectivity index (χ1n) is 8.19. The van der Waals surface area contributed by atoms with Gasteiger partial charge < -0.3 is 10.6 Å². The number of aryl methyl sites for hydroxylation is 1. The normalized spacial score (nSPS) is 16.4. The van der Waals surface area contributed by atoms with Gasteiger partial charge in [0.1, 0.15) is 0 Å². The molecule has 0 atom stereocenters. The SMILES string of the molecule is Cc1ccc(Cl)cc1NC(=O)C1(CC(=O)NC(C)C)CCCC1. The number of carbonyl (C=O) groups is 2. The molecule has 1 saturated carbocycles. The Kier molecular flexibility index (Phi) is 5.69. The Balaban J connectivity index is 2.15. The van der Waals surface area contributed by atoms with Crippen molar-refractivity contribution in [2.75, 3.05) is 5.32 Å². The molecule has 23 heavy (non-hydrogen) atoms. The molecule has 126 valence electrons. The van der Waals surface area contributed by atoms with Crippen LogP contribution in [0.2, 0.25) is 5.02 Å². The van der Waals surface area contributed by atoms with Gasteiger partial charge in [-0.15, -0.1) is 0 Å². The molecular weight excluding hydrogens is 312 g/mol. The molecule has 0 spiro atoms. The molecule has 0 saturated heterocycles. The maximum Gasteiger partial charge on any atom is 0.231 e. The van der Waals surface area contributed by atoms with E-state index in [-0.39, 0.29) is 24.3 Å². The van der Waals surface area contributed by atoms with E-state index in [4.69, 9.17) is 11.6 Å². The van der Waals surface area contributed by atoms with E-state index >= 15 is 0 Å². The number of amides is 2. The van der Waals surface area contributed by atoms with E-state index in [0.717, 1.165) is 36.9 Å². The van der Waals surface area contributed by atoms with Crippen LogP contribution < -0.4 is 10.6 Å². The Morgan fingerprint density at radius 2 is 1.91 bits per heavy atom. The number of hydrogen-bond donors (Lipinski definition) is 2. The van der Waals surface area contributed by atoms with Crippen LogP contribution in [0.3, 0.4) is 0 Å². The third kappa shape index (κ3) is 4.47. The summed E-state index contributed by atoms with van der Waals surface area (Å²) in [6.07, 6.45) is 3.72. The maximum atomic E-state index is 12.9. The van der Waals surface area contributed by atoms with Crippen molar-refractivity contribution in [1.29, 1.82) is 0 Å². The van der Waals surface area contributed by atoms with Crippen LogP contribution >= 0.6 is 11.6 Å². The van der Waals surface area contributed by atoms with Crippen LogP contribution in [0.5, 0.6) is 0 Å². The van der Waals surface area contributed by atoms with Gasteiger partial charge in [-0.1, -0.05) is 30.5 Å². The van der Waals surface area contributed by atoms with Crippen LogP contribution in [0.4, 0.5) is 5.69 Å². The highest BCUT2D eigenvalue weighted by atomic mass is 35.5. The molecule has 1 aromatic rings. The molecule has 0 heterocycles. The molecule has 4 nitrogen and oxygen atoms in total. The summed E-state index contributed by atoms with van der Waals surface area (Å²) in [4.78, 5) is 25.1. The monoisotopic (exact) mass is 336 g/mol. The van der Waals surface area contributed by atoms with E-state index in [0.29, 0.717) is 5.02 Å². The van der Waals surface area contributed by atoms with Gasteiger partial charge in [-0.2, -0.15) is 0 Å². The summed E-state index contributed by atoms with van der Waals surface area (Å²) in [7, 11) is 0. The minimum absolute atomic E-state index is 0.0557. The number of rotatable bonds is 5. The largest absolute Gasteiger partial charge is 0.354 e. The third-order valence-electron chi connectivity index (χ3n) is 4.44. The van der Waals surface area contributed by atoms with Crippen molar-refractivity contribution in [3.05, 3.63) is 28.8 Å². The Bertz CT molecular complexity index is 593. The summed E-state index contributed by atoms with van der Waals surface area (Å²) in [6, 6.07) is 5.52. The highest BCUT2D eigenvalue weighted by Crippen LogP contribution is 2.42. The molecule has 0 radical (unpaired) electrons. The number of anilines is 1. The van der Waals surface area contributed by atoms with Gasteiger partial charge in [0.25, 0.3) is 0 Å². The Labute approximate surface area is 143 Å². The summed E-state index contributed by atoms with van der Waals surface area (Å²) >= 11 is 6.02. The first kappa shape index (κ1) is 17.8. The minimum Gasteiger partial charge on any atom is -0.354 e. The number of nitrogens with one attached hydrogen (secondary N) is 2. The van der Waals surface area contributed by atoms with E-state index in [1.165, 1.54) is 0 Å². The number of benzene rings is 1. The van der Waals surface area contributed by atoms with Crippen molar-refractivity contribution in [2.45, 2.75) is 58.9 Å². The molecule has 0 aliphatic heterocycles. The highest BCUT2D eigenvalue weighted by molar-refractivity contribution is 6.31. The molecule has 0 unspecified atom stereocenters. The van der Waals surface area contributed by atoms with Gasteiger partial charge in [-0.3, -0.25) is 9.59 Å². The standard InChI is InChI=1S/C18H25ClN2O2/c1-12(2)20-16(22)11-18(8-4-5-9-18)17(23)21-15-10-14(19)7-6-13(15)3/h6-7,10,12H,4-5,8-9,11H2,1-3H3,(H,20,22)(H,21,23). The number of hydrogen-bond acceptors (Lipinski definition) is 2. The fourth-order valence-electron chi connectivity index (χ4n) is 3.20. The lowest BCUT2D eigenvalue weighted by molar-refractivity contribution is -0.132. The van der Waals surface area contributed by atoms with Crippen LogP contribution in [-0.2, 0) is 9.59 Å². The summed E-state index contributed by atoms with van der Waals surface area (Å²) in [5.41, 5.74) is 1.08. The van der Waals surface area contributed by atoms with E-state index in [1.807, 2.05) is 26.8 Å². The van der Waals surface area contributed by atoms with Crippen molar-refractivity contribution in [3.63, 3.8) is 0 Å². The molecule has 2 amide bonds. The quantitative estimate of drug-likeness (QED) is 0.851. The van der Waals surface area contributed by atoms with Gasteiger partial charge in [0.2, 0.25) is 11.8 Å². The lowest BCUT2D eigenvalue weighted by Gasteiger charge is -2.28. The molecular formula is C18H25ClN2O2. The van der Waals surface area contributed by atoms with Crippen molar-refractivity contribution in [3.8, 4) is 0 Å². The van der Waals surface area contributed by atoms with Crippen LogP contribution in [0.15, 0.2) is 18.2 Å². The van der Waals surface area contributed by atoms with Gasteiger partial charge in [0.15, 0.2) is 0 Å². The highest BCUT2D eigenvalue weighted by Gasteiger charge is 2.43. The zero-order chi connectivity index (χ0) is 17.0. The lowest BCUT2D eigenvalue weighted by Crippen LogP contribution is -2.40. The topological polar surface area (TPSA) is 58.2 Å². The fourth-order valence-corrected chi connectivity index (χ4v) is 3.37.